The minimum Gasteiger partial charge on any atom is -0.480 e. The van der Waals surface area contributed by atoms with Crippen LogP contribution in [0.25, 0.3) is 10.9 Å². The van der Waals surface area contributed by atoms with E-state index in [9.17, 15) is 29.4 Å². The molecule has 3 amide bonds. The van der Waals surface area contributed by atoms with Crippen LogP contribution >= 0.6 is 0 Å². The van der Waals surface area contributed by atoms with Crippen molar-refractivity contribution in [1.29, 1.82) is 0 Å². The van der Waals surface area contributed by atoms with Gasteiger partial charge < -0.3 is 36.9 Å². The van der Waals surface area contributed by atoms with Gasteiger partial charge in [-0.1, -0.05) is 62.4 Å². The van der Waals surface area contributed by atoms with Crippen LogP contribution in [0.2, 0.25) is 0 Å². The number of carboxylic acid groups (broad SMARTS) is 1. The fourth-order valence-electron chi connectivity index (χ4n) is 4.20. The number of nitrogens with two attached hydrogens (primary N) is 1. The summed E-state index contributed by atoms with van der Waals surface area (Å²) in [4.78, 5) is 53.6. The van der Waals surface area contributed by atoms with Gasteiger partial charge in [0.1, 0.15) is 18.1 Å². The van der Waals surface area contributed by atoms with Crippen LogP contribution in [0.4, 0.5) is 0 Å². The summed E-state index contributed by atoms with van der Waals surface area (Å²) in [6.45, 7) is 2.64. The molecule has 11 heteroatoms. The number of amides is 3. The SMILES string of the molecule is CC(C)C(NC(=O)C(CO)NC(=O)C(N)Cc1c[nH]c2ccccc12)C(=O)NC(Cc1ccccc1)C(=O)O. The lowest BCUT2D eigenvalue weighted by molar-refractivity contribution is -0.142. The number of aromatic amines is 1. The summed E-state index contributed by atoms with van der Waals surface area (Å²) in [6.07, 6.45) is 2.02. The molecular weight excluding hydrogens is 502 g/mol. The van der Waals surface area contributed by atoms with E-state index in [0.717, 1.165) is 22.0 Å². The molecule has 3 aromatic rings. The number of carbonyl (C=O) groups is 4. The molecule has 0 saturated heterocycles. The average Bonchev–Trinajstić information content (AvgIpc) is 3.32. The lowest BCUT2D eigenvalue weighted by atomic mass is 10.0. The average molecular weight is 538 g/mol. The molecule has 208 valence electrons. The van der Waals surface area contributed by atoms with Gasteiger partial charge in [-0.2, -0.15) is 0 Å². The maximum Gasteiger partial charge on any atom is 0.326 e. The molecule has 0 aliphatic heterocycles. The predicted octanol–water partition coefficient (Wildman–Crippen LogP) is 0.468. The molecule has 1 heterocycles. The van der Waals surface area contributed by atoms with Gasteiger partial charge in [-0.3, -0.25) is 14.4 Å². The van der Waals surface area contributed by atoms with Crippen LogP contribution in [0.1, 0.15) is 25.0 Å². The highest BCUT2D eigenvalue weighted by atomic mass is 16.4. The molecule has 0 saturated carbocycles. The van der Waals surface area contributed by atoms with E-state index < -0.39 is 60.4 Å². The first-order valence-electron chi connectivity index (χ1n) is 12.7. The first kappa shape index (κ1) is 29.3. The van der Waals surface area contributed by atoms with Crippen LogP contribution in [0.15, 0.2) is 60.8 Å². The Kier molecular flexibility index (Phi) is 10.2. The summed E-state index contributed by atoms with van der Waals surface area (Å²) < 4.78 is 0. The van der Waals surface area contributed by atoms with E-state index in [1.807, 2.05) is 24.3 Å². The van der Waals surface area contributed by atoms with Crippen molar-refractivity contribution in [1.82, 2.24) is 20.9 Å². The first-order valence-corrected chi connectivity index (χ1v) is 12.7. The number of aliphatic hydroxyl groups is 1. The maximum atomic E-state index is 13.0. The number of hydrogen-bond donors (Lipinski definition) is 7. The summed E-state index contributed by atoms with van der Waals surface area (Å²) in [7, 11) is 0. The number of H-pyrrole nitrogens is 1. The Morgan fingerprint density at radius 2 is 1.49 bits per heavy atom. The third-order valence-electron chi connectivity index (χ3n) is 6.41. The van der Waals surface area contributed by atoms with E-state index in [0.29, 0.717) is 0 Å². The molecule has 0 fully saturated rings. The summed E-state index contributed by atoms with van der Waals surface area (Å²) in [6, 6.07) is 11.7. The molecular formula is C28H35N5O6. The van der Waals surface area contributed by atoms with Crippen LogP contribution in [-0.4, -0.2) is 69.7 Å². The molecule has 4 unspecified atom stereocenters. The van der Waals surface area contributed by atoms with E-state index in [-0.39, 0.29) is 12.8 Å². The van der Waals surface area contributed by atoms with Crippen molar-refractivity contribution in [3.8, 4) is 0 Å². The van der Waals surface area contributed by atoms with Crippen LogP contribution in [0.5, 0.6) is 0 Å². The number of aromatic nitrogens is 1. The molecule has 0 radical (unpaired) electrons. The molecule has 0 aliphatic carbocycles. The zero-order valence-electron chi connectivity index (χ0n) is 21.9. The Morgan fingerprint density at radius 1 is 0.846 bits per heavy atom. The molecule has 0 aliphatic rings. The molecule has 1 aromatic heterocycles. The van der Waals surface area contributed by atoms with Gasteiger partial charge >= 0.3 is 5.97 Å². The summed E-state index contributed by atoms with van der Waals surface area (Å²) >= 11 is 0. The zero-order valence-corrected chi connectivity index (χ0v) is 21.9. The number of nitrogens with one attached hydrogen (secondary N) is 4. The second-order valence-electron chi connectivity index (χ2n) is 9.73. The van der Waals surface area contributed by atoms with Crippen LogP contribution in [0, 0.1) is 5.92 Å². The molecule has 8 N–H and O–H groups in total. The van der Waals surface area contributed by atoms with Gasteiger partial charge in [0.2, 0.25) is 17.7 Å². The Labute approximate surface area is 226 Å². The molecule has 11 nitrogen and oxygen atoms in total. The van der Waals surface area contributed by atoms with E-state index in [1.54, 1.807) is 50.4 Å². The Bertz CT molecular complexity index is 1290. The normalized spacial score (nSPS) is 14.3. The fraction of sp³-hybridized carbons (Fsp3) is 0.357. The van der Waals surface area contributed by atoms with E-state index in [1.165, 1.54) is 0 Å². The lowest BCUT2D eigenvalue weighted by Gasteiger charge is -2.26. The van der Waals surface area contributed by atoms with Gasteiger partial charge in [-0.25, -0.2) is 4.79 Å². The third kappa shape index (κ3) is 7.88. The summed E-state index contributed by atoms with van der Waals surface area (Å²) in [5.74, 6) is -3.77. The summed E-state index contributed by atoms with van der Waals surface area (Å²) in [5.41, 5.74) is 8.55. The van der Waals surface area contributed by atoms with Crippen molar-refractivity contribution in [2.75, 3.05) is 6.61 Å². The second-order valence-corrected chi connectivity index (χ2v) is 9.73. The van der Waals surface area contributed by atoms with E-state index in [2.05, 4.69) is 20.9 Å². The Morgan fingerprint density at radius 3 is 2.13 bits per heavy atom. The molecule has 0 bridgehead atoms. The van der Waals surface area contributed by atoms with E-state index >= 15 is 0 Å². The fourth-order valence-corrected chi connectivity index (χ4v) is 4.20. The van der Waals surface area contributed by atoms with Crippen molar-refractivity contribution in [2.45, 2.75) is 50.9 Å². The lowest BCUT2D eigenvalue weighted by Crippen LogP contribution is -2.59. The smallest absolute Gasteiger partial charge is 0.326 e. The largest absolute Gasteiger partial charge is 0.480 e. The molecule has 3 rings (SSSR count). The highest BCUT2D eigenvalue weighted by molar-refractivity contribution is 5.94. The standard InChI is InChI=1S/C28H35N5O6/c1-16(2)24(27(37)31-22(28(38)39)12-17-8-4-3-5-9-17)33-26(36)23(15-34)32-25(35)20(29)13-18-14-30-21-11-7-6-10-19(18)21/h3-11,14,16,20,22-24,30,34H,12-13,15,29H2,1-2H3,(H,31,37)(H,32,35)(H,33,36)(H,38,39). The minimum atomic E-state index is -1.36. The van der Waals surface area contributed by atoms with Crippen LogP contribution in [-0.2, 0) is 32.0 Å². The monoisotopic (exact) mass is 537 g/mol. The van der Waals surface area contributed by atoms with Gasteiger partial charge in [0, 0.05) is 23.5 Å². The number of hydrogen-bond acceptors (Lipinski definition) is 6. The quantitative estimate of drug-likeness (QED) is 0.165. The van der Waals surface area contributed by atoms with Crippen molar-refractivity contribution in [2.24, 2.45) is 11.7 Å². The van der Waals surface area contributed by atoms with Gasteiger partial charge in [-0.05, 0) is 29.5 Å². The van der Waals surface area contributed by atoms with Gasteiger partial charge in [0.05, 0.1) is 12.6 Å². The van der Waals surface area contributed by atoms with Crippen LogP contribution in [0.3, 0.4) is 0 Å². The second kappa shape index (κ2) is 13.5. The Balaban J connectivity index is 1.61. The Hall–Kier alpha value is -4.22. The van der Waals surface area contributed by atoms with Crippen molar-refractivity contribution >= 4 is 34.6 Å². The number of aliphatic hydroxyl groups excluding tert-OH is 1. The minimum absolute atomic E-state index is 0.0598. The van der Waals surface area contributed by atoms with Gasteiger partial charge in [0.15, 0.2) is 0 Å². The number of benzene rings is 2. The van der Waals surface area contributed by atoms with Gasteiger partial charge in [-0.15, -0.1) is 0 Å². The number of carboxylic acids is 1. The molecule has 39 heavy (non-hydrogen) atoms. The first-order chi connectivity index (χ1) is 18.6. The molecule has 2 aromatic carbocycles. The third-order valence-corrected chi connectivity index (χ3v) is 6.41. The number of fused-ring (bicyclic) bond motifs is 1. The number of rotatable bonds is 13. The molecule has 0 spiro atoms. The number of carbonyl (C=O) groups excluding carboxylic acids is 3. The van der Waals surface area contributed by atoms with Crippen molar-refractivity contribution < 1.29 is 29.4 Å². The van der Waals surface area contributed by atoms with Crippen molar-refractivity contribution in [3.63, 3.8) is 0 Å². The zero-order chi connectivity index (χ0) is 28.5. The van der Waals surface area contributed by atoms with Crippen LogP contribution < -0.4 is 21.7 Å². The highest BCUT2D eigenvalue weighted by Gasteiger charge is 2.32. The van der Waals surface area contributed by atoms with Crippen molar-refractivity contribution in [3.05, 3.63) is 71.9 Å². The number of aliphatic carboxylic acids is 1. The highest BCUT2D eigenvalue weighted by Crippen LogP contribution is 2.18. The van der Waals surface area contributed by atoms with E-state index in [4.69, 9.17) is 5.73 Å². The topological polar surface area (TPSA) is 187 Å². The molecule has 4 atom stereocenters. The predicted molar refractivity (Wildman–Crippen MR) is 145 cm³/mol. The maximum absolute atomic E-state index is 13.0. The number of para-hydroxylation sites is 1. The summed E-state index contributed by atoms with van der Waals surface area (Å²) in [5, 5.41) is 27.8. The van der Waals surface area contributed by atoms with Gasteiger partial charge in [0.25, 0.3) is 0 Å².